The second kappa shape index (κ2) is 9.14. The summed E-state index contributed by atoms with van der Waals surface area (Å²) in [6, 6.07) is 4.89. The Hall–Kier alpha value is -2.72. The van der Waals surface area contributed by atoms with Crippen molar-refractivity contribution >= 4 is 35.1 Å². The summed E-state index contributed by atoms with van der Waals surface area (Å²) in [7, 11) is 0. The fraction of sp³-hybridized carbons (Fsp3) is 0.364. The maximum atomic E-state index is 14.7. The van der Waals surface area contributed by atoms with Crippen LogP contribution in [-0.4, -0.2) is 29.4 Å². The topological polar surface area (TPSA) is 73.9 Å². The summed E-state index contributed by atoms with van der Waals surface area (Å²) in [5.74, 6) is -3.41. The van der Waals surface area contributed by atoms with Crippen molar-refractivity contribution in [2.24, 2.45) is 0 Å². The van der Waals surface area contributed by atoms with Crippen molar-refractivity contribution in [3.05, 3.63) is 51.8 Å². The molecule has 6 nitrogen and oxygen atoms in total. The molecule has 1 saturated carbocycles. The van der Waals surface area contributed by atoms with Gasteiger partial charge in [0, 0.05) is 12.1 Å². The van der Waals surface area contributed by atoms with E-state index in [1.54, 1.807) is 20.8 Å². The molecule has 0 heterocycles. The van der Waals surface area contributed by atoms with E-state index in [0.29, 0.717) is 12.8 Å². The van der Waals surface area contributed by atoms with Gasteiger partial charge in [0.05, 0.1) is 15.6 Å². The Morgan fingerprint density at radius 1 is 1.00 bits per heavy atom. The van der Waals surface area contributed by atoms with Crippen LogP contribution in [0, 0.1) is 5.82 Å². The Morgan fingerprint density at radius 3 is 2.15 bits per heavy atom. The van der Waals surface area contributed by atoms with E-state index in [9.17, 15) is 27.2 Å². The van der Waals surface area contributed by atoms with Gasteiger partial charge in [-0.25, -0.2) is 9.18 Å². The molecule has 3 rings (SSSR count). The van der Waals surface area contributed by atoms with E-state index in [1.807, 2.05) is 0 Å². The maximum absolute atomic E-state index is 14.7. The van der Waals surface area contributed by atoms with E-state index in [1.165, 1.54) is 0 Å². The summed E-state index contributed by atoms with van der Waals surface area (Å²) >= 11 is 11.9. The van der Waals surface area contributed by atoms with Crippen LogP contribution >= 0.6 is 23.2 Å². The summed E-state index contributed by atoms with van der Waals surface area (Å²) in [5.41, 5.74) is -2.42. The Morgan fingerprint density at radius 2 is 1.62 bits per heavy atom. The number of ether oxygens (including phenoxy) is 3. The van der Waals surface area contributed by atoms with Crippen LogP contribution in [0.3, 0.4) is 0 Å². The third kappa shape index (κ3) is 6.44. The first-order valence-electron chi connectivity index (χ1n) is 9.87. The predicted molar refractivity (Wildman–Crippen MR) is 115 cm³/mol. The van der Waals surface area contributed by atoms with Gasteiger partial charge in [0.1, 0.15) is 34.2 Å². The van der Waals surface area contributed by atoms with Crippen molar-refractivity contribution in [2.45, 2.75) is 51.1 Å². The van der Waals surface area contributed by atoms with Gasteiger partial charge < -0.3 is 19.5 Å². The summed E-state index contributed by atoms with van der Waals surface area (Å²) in [6.45, 7) is 5.06. The first-order valence-corrected chi connectivity index (χ1v) is 10.6. The molecule has 12 heteroatoms. The van der Waals surface area contributed by atoms with Gasteiger partial charge in [0.2, 0.25) is 0 Å². The zero-order chi connectivity index (χ0) is 25.5. The molecule has 0 aromatic heterocycles. The summed E-state index contributed by atoms with van der Waals surface area (Å²) in [4.78, 5) is 25.0. The van der Waals surface area contributed by atoms with Gasteiger partial charge in [0.15, 0.2) is 0 Å². The quantitative estimate of drug-likeness (QED) is 0.349. The van der Waals surface area contributed by atoms with Crippen LogP contribution in [0.25, 0.3) is 0 Å². The van der Waals surface area contributed by atoms with Crippen molar-refractivity contribution < 1.29 is 41.4 Å². The summed E-state index contributed by atoms with van der Waals surface area (Å²) < 4.78 is 66.3. The standard InChI is InChI=1S/C22H19Cl2F4NO5/c1-20(2,3)34-19(31)21(6-7-21)29-18(30)12-9-14(24)17(10-15(12)25)32-11-4-5-16(13(23)8-11)33-22(26,27)28/h4-5,8-10H,6-7H2,1-3H3,(H,29,30). The molecule has 0 spiro atoms. The average molecular weight is 524 g/mol. The van der Waals surface area contributed by atoms with E-state index in [4.69, 9.17) is 32.7 Å². The molecular formula is C22H19Cl2F4NO5. The molecule has 1 aliphatic carbocycles. The minimum atomic E-state index is -4.93. The number of benzene rings is 2. The predicted octanol–water partition coefficient (Wildman–Crippen LogP) is 6.43. The van der Waals surface area contributed by atoms with Gasteiger partial charge in [-0.05, 0) is 51.8 Å². The molecule has 1 aliphatic rings. The maximum Gasteiger partial charge on any atom is 0.573 e. The van der Waals surface area contributed by atoms with Gasteiger partial charge >= 0.3 is 12.3 Å². The molecule has 0 unspecified atom stereocenters. The molecule has 1 fully saturated rings. The number of hydrogen-bond donors (Lipinski definition) is 1. The molecule has 1 N–H and O–H groups in total. The van der Waals surface area contributed by atoms with Crippen LogP contribution in [-0.2, 0) is 9.53 Å². The minimum Gasteiger partial charge on any atom is -0.458 e. The van der Waals surface area contributed by atoms with Crippen molar-refractivity contribution in [1.29, 1.82) is 0 Å². The van der Waals surface area contributed by atoms with Crippen LogP contribution in [0.15, 0.2) is 30.3 Å². The van der Waals surface area contributed by atoms with E-state index < -0.39 is 51.5 Å². The molecular weight excluding hydrogens is 505 g/mol. The Kier molecular flexibility index (Phi) is 6.96. The van der Waals surface area contributed by atoms with E-state index in [-0.39, 0.29) is 16.5 Å². The third-order valence-electron chi connectivity index (χ3n) is 4.52. The molecule has 0 aliphatic heterocycles. The van der Waals surface area contributed by atoms with Gasteiger partial charge in [0.25, 0.3) is 5.91 Å². The van der Waals surface area contributed by atoms with Gasteiger partial charge in [-0.1, -0.05) is 23.2 Å². The number of amides is 1. The van der Waals surface area contributed by atoms with Crippen LogP contribution in [0.1, 0.15) is 44.0 Å². The largest absolute Gasteiger partial charge is 0.573 e. The number of carbonyl (C=O) groups is 2. The number of carbonyl (C=O) groups excluding carboxylic acids is 2. The smallest absolute Gasteiger partial charge is 0.458 e. The zero-order valence-corrected chi connectivity index (χ0v) is 19.6. The molecule has 1 amide bonds. The minimum absolute atomic E-state index is 0.0557. The monoisotopic (exact) mass is 523 g/mol. The highest BCUT2D eigenvalue weighted by molar-refractivity contribution is 6.32. The van der Waals surface area contributed by atoms with E-state index in [2.05, 4.69) is 10.1 Å². The lowest BCUT2D eigenvalue weighted by atomic mass is 10.1. The average Bonchev–Trinajstić information content (AvgIpc) is 3.45. The highest BCUT2D eigenvalue weighted by Gasteiger charge is 2.54. The first kappa shape index (κ1) is 25.9. The number of nitrogens with one attached hydrogen (secondary N) is 1. The highest BCUT2D eigenvalue weighted by Crippen LogP contribution is 2.39. The SMILES string of the molecule is CC(C)(C)OC(=O)C1(NC(=O)c2cc(Cl)c(Oc3ccc(OC(F)(F)F)c(Cl)c3)cc2F)CC1. The van der Waals surface area contributed by atoms with E-state index >= 15 is 0 Å². The molecule has 34 heavy (non-hydrogen) atoms. The zero-order valence-electron chi connectivity index (χ0n) is 18.1. The lowest BCUT2D eigenvalue weighted by molar-refractivity contribution is -0.274. The Bertz CT molecular complexity index is 1130. The molecule has 0 atom stereocenters. The second-order valence-electron chi connectivity index (χ2n) is 8.54. The van der Waals surface area contributed by atoms with Crippen LogP contribution in [0.2, 0.25) is 10.0 Å². The molecule has 2 aromatic carbocycles. The number of halogens is 6. The van der Waals surface area contributed by atoms with Crippen LogP contribution < -0.4 is 14.8 Å². The number of rotatable bonds is 6. The number of esters is 1. The lowest BCUT2D eigenvalue weighted by Crippen LogP contribution is -2.46. The van der Waals surface area contributed by atoms with Gasteiger partial charge in [-0.2, -0.15) is 0 Å². The highest BCUT2D eigenvalue weighted by atomic mass is 35.5. The van der Waals surface area contributed by atoms with Crippen molar-refractivity contribution in [2.75, 3.05) is 0 Å². The molecule has 0 bridgehead atoms. The molecule has 0 radical (unpaired) electrons. The first-order chi connectivity index (χ1) is 15.6. The summed E-state index contributed by atoms with van der Waals surface area (Å²) in [5, 5.41) is 1.93. The Labute approximate surface area is 202 Å². The van der Waals surface area contributed by atoms with Gasteiger partial charge in [-0.3, -0.25) is 4.79 Å². The fourth-order valence-electron chi connectivity index (χ4n) is 2.83. The van der Waals surface area contributed by atoms with E-state index in [0.717, 1.165) is 30.3 Å². The Balaban J connectivity index is 1.75. The fourth-order valence-corrected chi connectivity index (χ4v) is 3.24. The molecule has 184 valence electrons. The lowest BCUT2D eigenvalue weighted by Gasteiger charge is -2.24. The molecule has 0 saturated heterocycles. The molecule has 2 aromatic rings. The van der Waals surface area contributed by atoms with Crippen LogP contribution in [0.4, 0.5) is 17.6 Å². The van der Waals surface area contributed by atoms with Gasteiger partial charge in [-0.15, -0.1) is 13.2 Å². The normalized spacial score (nSPS) is 14.9. The third-order valence-corrected chi connectivity index (χ3v) is 5.11. The van der Waals surface area contributed by atoms with Crippen LogP contribution in [0.5, 0.6) is 17.2 Å². The van der Waals surface area contributed by atoms with Crippen molar-refractivity contribution in [3.63, 3.8) is 0 Å². The summed E-state index contributed by atoms with van der Waals surface area (Å²) in [6.07, 6.45) is -4.24. The van der Waals surface area contributed by atoms with Crippen molar-refractivity contribution in [3.8, 4) is 17.2 Å². The number of alkyl halides is 3. The second-order valence-corrected chi connectivity index (χ2v) is 9.36. The van der Waals surface area contributed by atoms with Crippen molar-refractivity contribution in [1.82, 2.24) is 5.32 Å². The number of hydrogen-bond acceptors (Lipinski definition) is 5.